The van der Waals surface area contributed by atoms with Gasteiger partial charge in [-0.1, -0.05) is 24.3 Å². The summed E-state index contributed by atoms with van der Waals surface area (Å²) in [5.41, 5.74) is 1.04. The summed E-state index contributed by atoms with van der Waals surface area (Å²) in [5, 5.41) is 0. The van der Waals surface area contributed by atoms with Gasteiger partial charge in [-0.15, -0.1) is 0 Å². The molecular formula is C12H14O3. The molecular weight excluding hydrogens is 192 g/mol. The Labute approximate surface area is 89.3 Å². The van der Waals surface area contributed by atoms with E-state index in [9.17, 15) is 4.79 Å². The highest BCUT2D eigenvalue weighted by atomic mass is 16.5. The van der Waals surface area contributed by atoms with Crippen LogP contribution >= 0.6 is 0 Å². The third-order valence-corrected chi connectivity index (χ3v) is 1.99. The third kappa shape index (κ3) is 3.46. The minimum absolute atomic E-state index is 0.343. The average Bonchev–Trinajstić information content (AvgIpc) is 2.29. The highest BCUT2D eigenvalue weighted by Gasteiger charge is 1.98. The molecule has 0 radical (unpaired) electrons. The Morgan fingerprint density at radius 3 is 2.73 bits per heavy atom. The van der Waals surface area contributed by atoms with Gasteiger partial charge in [-0.3, -0.25) is 0 Å². The fourth-order valence-corrected chi connectivity index (χ4v) is 1.22. The third-order valence-electron chi connectivity index (χ3n) is 1.99. The fraction of sp³-hybridized carbons (Fsp3) is 0.250. The van der Waals surface area contributed by atoms with Gasteiger partial charge in [0.05, 0.1) is 14.2 Å². The van der Waals surface area contributed by atoms with Gasteiger partial charge in [-0.05, 0) is 18.1 Å². The van der Waals surface area contributed by atoms with Crippen LogP contribution in [0.3, 0.4) is 0 Å². The first kappa shape index (κ1) is 11.3. The minimum atomic E-state index is -0.343. The van der Waals surface area contributed by atoms with E-state index in [4.69, 9.17) is 4.74 Å². The molecule has 0 aliphatic carbocycles. The Balaban J connectivity index is 2.64. The lowest BCUT2D eigenvalue weighted by molar-refractivity contribution is -0.134. The molecule has 3 nitrogen and oxygen atoms in total. The molecule has 0 spiro atoms. The molecule has 0 aliphatic rings. The van der Waals surface area contributed by atoms with Crippen molar-refractivity contribution in [3.8, 4) is 5.75 Å². The molecule has 1 aromatic rings. The van der Waals surface area contributed by atoms with Gasteiger partial charge in [0.15, 0.2) is 0 Å². The molecule has 3 heteroatoms. The highest BCUT2D eigenvalue weighted by Crippen LogP contribution is 2.17. The number of methoxy groups -OCH3 is 2. The summed E-state index contributed by atoms with van der Waals surface area (Å²) in [4.78, 5) is 10.8. The number of esters is 1. The van der Waals surface area contributed by atoms with Crippen molar-refractivity contribution in [2.24, 2.45) is 0 Å². The second-order valence-electron chi connectivity index (χ2n) is 2.94. The molecule has 80 valence electrons. The van der Waals surface area contributed by atoms with Crippen molar-refractivity contribution in [3.05, 3.63) is 42.0 Å². The topological polar surface area (TPSA) is 35.5 Å². The van der Waals surface area contributed by atoms with Crippen molar-refractivity contribution in [1.29, 1.82) is 0 Å². The van der Waals surface area contributed by atoms with Crippen molar-refractivity contribution in [2.75, 3.05) is 14.2 Å². The maximum absolute atomic E-state index is 10.8. The van der Waals surface area contributed by atoms with E-state index in [-0.39, 0.29) is 5.97 Å². The molecule has 0 saturated carbocycles. The quantitative estimate of drug-likeness (QED) is 0.558. The van der Waals surface area contributed by atoms with E-state index < -0.39 is 0 Å². The van der Waals surface area contributed by atoms with Crippen molar-refractivity contribution in [1.82, 2.24) is 0 Å². The molecule has 0 bridgehead atoms. The van der Waals surface area contributed by atoms with Crippen LogP contribution in [0, 0.1) is 0 Å². The van der Waals surface area contributed by atoms with Crippen LogP contribution in [0.25, 0.3) is 0 Å². The van der Waals surface area contributed by atoms with Gasteiger partial charge < -0.3 is 9.47 Å². The van der Waals surface area contributed by atoms with E-state index in [2.05, 4.69) is 4.74 Å². The molecule has 1 aromatic carbocycles. The van der Waals surface area contributed by atoms with Crippen LogP contribution in [0.15, 0.2) is 36.4 Å². The number of ether oxygens (including phenoxy) is 2. The largest absolute Gasteiger partial charge is 0.496 e. The lowest BCUT2D eigenvalue weighted by Gasteiger charge is -2.04. The van der Waals surface area contributed by atoms with E-state index in [0.29, 0.717) is 6.42 Å². The summed E-state index contributed by atoms with van der Waals surface area (Å²) in [6.45, 7) is 0. The van der Waals surface area contributed by atoms with Gasteiger partial charge in [0.25, 0.3) is 0 Å². The van der Waals surface area contributed by atoms with Gasteiger partial charge in [0.2, 0.25) is 0 Å². The summed E-state index contributed by atoms with van der Waals surface area (Å²) in [5.74, 6) is 0.483. The molecule has 0 amide bonds. The molecule has 0 atom stereocenters. The van der Waals surface area contributed by atoms with Crippen molar-refractivity contribution < 1.29 is 14.3 Å². The molecule has 0 heterocycles. The van der Waals surface area contributed by atoms with E-state index in [1.54, 1.807) is 13.2 Å². The number of carbonyl (C=O) groups is 1. The standard InChI is InChI=1S/C12H14O3/c1-14-11-8-4-3-6-10(11)7-5-9-12(13)15-2/h3-6,8-9H,7H2,1-2H3/b9-5-. The Kier molecular flexibility index (Phi) is 4.41. The Morgan fingerprint density at radius 2 is 2.07 bits per heavy atom. The first-order valence-electron chi connectivity index (χ1n) is 4.64. The smallest absolute Gasteiger partial charge is 0.330 e. The molecule has 0 aliphatic heterocycles. The molecule has 0 N–H and O–H groups in total. The molecule has 1 rings (SSSR count). The number of para-hydroxylation sites is 1. The van der Waals surface area contributed by atoms with Gasteiger partial charge in [0.1, 0.15) is 5.75 Å². The normalized spacial score (nSPS) is 10.3. The second-order valence-corrected chi connectivity index (χ2v) is 2.94. The van der Waals surface area contributed by atoms with Crippen LogP contribution in [0.5, 0.6) is 5.75 Å². The number of benzene rings is 1. The minimum Gasteiger partial charge on any atom is -0.496 e. The van der Waals surface area contributed by atoms with Crippen LogP contribution in [0.1, 0.15) is 5.56 Å². The van der Waals surface area contributed by atoms with E-state index in [1.807, 2.05) is 24.3 Å². The van der Waals surface area contributed by atoms with E-state index in [1.165, 1.54) is 13.2 Å². The van der Waals surface area contributed by atoms with E-state index >= 15 is 0 Å². The maximum Gasteiger partial charge on any atom is 0.330 e. The van der Waals surface area contributed by atoms with Crippen molar-refractivity contribution >= 4 is 5.97 Å². The molecule has 0 unspecified atom stereocenters. The summed E-state index contributed by atoms with van der Waals surface area (Å²) in [7, 11) is 2.98. The number of allylic oxidation sites excluding steroid dienone is 1. The van der Waals surface area contributed by atoms with Crippen molar-refractivity contribution in [2.45, 2.75) is 6.42 Å². The van der Waals surface area contributed by atoms with Gasteiger partial charge >= 0.3 is 5.97 Å². The number of carbonyl (C=O) groups excluding carboxylic acids is 1. The zero-order chi connectivity index (χ0) is 11.1. The maximum atomic E-state index is 10.8. The first-order valence-corrected chi connectivity index (χ1v) is 4.64. The predicted molar refractivity (Wildman–Crippen MR) is 57.9 cm³/mol. The number of rotatable bonds is 4. The molecule has 0 saturated heterocycles. The summed E-state index contributed by atoms with van der Waals surface area (Å²) in [6, 6.07) is 7.69. The summed E-state index contributed by atoms with van der Waals surface area (Å²) in [6.07, 6.45) is 3.81. The first-order chi connectivity index (χ1) is 7.27. The summed E-state index contributed by atoms with van der Waals surface area (Å²) < 4.78 is 9.67. The lowest BCUT2D eigenvalue weighted by Crippen LogP contribution is -1.95. The van der Waals surface area contributed by atoms with Gasteiger partial charge in [0, 0.05) is 6.08 Å². The lowest BCUT2D eigenvalue weighted by atomic mass is 10.1. The Bertz CT molecular complexity index is 356. The molecule has 0 aromatic heterocycles. The van der Waals surface area contributed by atoms with Gasteiger partial charge in [-0.2, -0.15) is 0 Å². The van der Waals surface area contributed by atoms with Crippen LogP contribution in [0.2, 0.25) is 0 Å². The Hall–Kier alpha value is -1.77. The molecule has 15 heavy (non-hydrogen) atoms. The Morgan fingerprint density at radius 1 is 1.33 bits per heavy atom. The molecule has 0 fully saturated rings. The predicted octanol–water partition coefficient (Wildman–Crippen LogP) is 1.97. The van der Waals surface area contributed by atoms with Crippen LogP contribution in [-0.2, 0) is 16.0 Å². The SMILES string of the molecule is COC(=O)/C=C\Cc1ccccc1OC. The second kappa shape index (κ2) is 5.86. The number of hydrogen-bond acceptors (Lipinski definition) is 3. The number of hydrogen-bond donors (Lipinski definition) is 0. The van der Waals surface area contributed by atoms with Crippen LogP contribution in [-0.4, -0.2) is 20.2 Å². The zero-order valence-electron chi connectivity index (χ0n) is 8.90. The monoisotopic (exact) mass is 206 g/mol. The highest BCUT2D eigenvalue weighted by molar-refractivity contribution is 5.81. The van der Waals surface area contributed by atoms with E-state index in [0.717, 1.165) is 11.3 Å². The average molecular weight is 206 g/mol. The summed E-state index contributed by atoms with van der Waals surface area (Å²) >= 11 is 0. The van der Waals surface area contributed by atoms with Crippen molar-refractivity contribution in [3.63, 3.8) is 0 Å². The van der Waals surface area contributed by atoms with Gasteiger partial charge in [-0.25, -0.2) is 4.79 Å². The van der Waals surface area contributed by atoms with Crippen LogP contribution < -0.4 is 4.74 Å². The fourth-order valence-electron chi connectivity index (χ4n) is 1.22. The van der Waals surface area contributed by atoms with Crippen LogP contribution in [0.4, 0.5) is 0 Å². The zero-order valence-corrected chi connectivity index (χ0v) is 8.90.